The zero-order chi connectivity index (χ0) is 17.4. The van der Waals surface area contributed by atoms with Crippen molar-refractivity contribution >= 4 is 5.97 Å². The Hall–Kier alpha value is -0.610. The number of hydrogen-bond donors (Lipinski definition) is 0. The summed E-state index contributed by atoms with van der Waals surface area (Å²) < 4.78 is 12.5. The van der Waals surface area contributed by atoms with Crippen molar-refractivity contribution in [1.82, 2.24) is 4.90 Å². The van der Waals surface area contributed by atoms with E-state index in [0.717, 1.165) is 44.8 Å². The lowest BCUT2D eigenvalue weighted by molar-refractivity contribution is -0.168. The summed E-state index contributed by atoms with van der Waals surface area (Å²) >= 11 is 0. The maximum atomic E-state index is 13.0. The predicted molar refractivity (Wildman–Crippen MR) is 95.0 cm³/mol. The van der Waals surface area contributed by atoms with Crippen molar-refractivity contribution in [3.05, 3.63) is 0 Å². The Morgan fingerprint density at radius 2 is 2.00 bits per heavy atom. The van der Waals surface area contributed by atoms with E-state index in [9.17, 15) is 4.79 Å². The van der Waals surface area contributed by atoms with Gasteiger partial charge in [-0.1, -0.05) is 13.8 Å². The lowest BCUT2D eigenvalue weighted by atomic mass is 9.55. The monoisotopic (exact) mass is 347 g/mol. The fourth-order valence-electron chi connectivity index (χ4n) is 6.99. The van der Waals surface area contributed by atoms with Crippen LogP contribution in [0.4, 0.5) is 0 Å². The lowest BCUT2D eigenvalue weighted by Crippen LogP contribution is -2.58. The maximum absolute atomic E-state index is 13.0. The van der Waals surface area contributed by atoms with Crippen LogP contribution in [0, 0.1) is 29.6 Å². The van der Waals surface area contributed by atoms with Gasteiger partial charge in [-0.15, -0.1) is 0 Å². The molecule has 3 saturated heterocycles. The smallest absolute Gasteiger partial charge is 0.311 e. The van der Waals surface area contributed by atoms with Crippen LogP contribution in [0.5, 0.6) is 0 Å². The summed E-state index contributed by atoms with van der Waals surface area (Å²) in [5, 5.41) is 0. The molecule has 2 saturated carbocycles. The van der Waals surface area contributed by atoms with E-state index in [1.165, 1.54) is 19.3 Å². The van der Waals surface area contributed by atoms with Crippen molar-refractivity contribution in [2.75, 3.05) is 19.6 Å². The fourth-order valence-corrected chi connectivity index (χ4v) is 6.99. The van der Waals surface area contributed by atoms with Crippen LogP contribution in [0.15, 0.2) is 0 Å². The number of fused-ring (bicyclic) bond motifs is 1. The number of esters is 1. The van der Waals surface area contributed by atoms with Gasteiger partial charge in [-0.3, -0.25) is 4.79 Å². The summed E-state index contributed by atoms with van der Waals surface area (Å²) in [7, 11) is 0. The molecule has 0 aromatic carbocycles. The van der Waals surface area contributed by atoms with E-state index in [1.54, 1.807) is 0 Å². The third-order valence-corrected chi connectivity index (χ3v) is 8.29. The highest BCUT2D eigenvalue weighted by atomic mass is 16.7. The highest BCUT2D eigenvalue weighted by molar-refractivity contribution is 5.77. The van der Waals surface area contributed by atoms with E-state index in [1.807, 2.05) is 0 Å². The van der Waals surface area contributed by atoms with Crippen molar-refractivity contribution in [2.45, 2.75) is 76.6 Å². The van der Waals surface area contributed by atoms with Crippen LogP contribution >= 0.6 is 0 Å². The molecule has 0 aromatic heterocycles. The zero-order valence-electron chi connectivity index (χ0n) is 16.0. The number of epoxide rings is 1. The zero-order valence-corrected chi connectivity index (χ0v) is 16.0. The minimum atomic E-state index is -0.312. The third kappa shape index (κ3) is 2.29. The van der Waals surface area contributed by atoms with Crippen LogP contribution in [-0.4, -0.2) is 47.8 Å². The Morgan fingerprint density at radius 1 is 1.16 bits per heavy atom. The van der Waals surface area contributed by atoms with Gasteiger partial charge in [-0.05, 0) is 63.8 Å². The molecule has 4 nitrogen and oxygen atoms in total. The molecule has 0 bridgehead atoms. The van der Waals surface area contributed by atoms with Gasteiger partial charge in [0, 0.05) is 24.9 Å². The Balaban J connectivity index is 1.43. The summed E-state index contributed by atoms with van der Waals surface area (Å²) in [5.74, 6) is 2.40. The summed E-state index contributed by atoms with van der Waals surface area (Å²) in [5.41, 5.74) is -0.339. The average molecular weight is 347 g/mol. The second kappa shape index (κ2) is 5.45. The van der Waals surface area contributed by atoms with Gasteiger partial charge in [-0.2, -0.15) is 0 Å². The van der Waals surface area contributed by atoms with Gasteiger partial charge in [0.1, 0.15) is 11.7 Å². The second-order valence-corrected chi connectivity index (χ2v) is 10.0. The highest BCUT2D eigenvalue weighted by Gasteiger charge is 2.77. The molecule has 3 heterocycles. The van der Waals surface area contributed by atoms with Crippen LogP contribution in [0.2, 0.25) is 0 Å². The molecule has 1 spiro atoms. The molecule has 4 heteroatoms. The molecule has 5 rings (SSSR count). The molecule has 0 N–H and O–H groups in total. The van der Waals surface area contributed by atoms with E-state index in [2.05, 4.69) is 25.7 Å². The second-order valence-electron chi connectivity index (χ2n) is 10.0. The van der Waals surface area contributed by atoms with Gasteiger partial charge in [0.2, 0.25) is 0 Å². The minimum absolute atomic E-state index is 0.0272. The number of hydrogen-bond acceptors (Lipinski definition) is 4. The molecular formula is C21H33NO3. The minimum Gasteiger partial charge on any atom is -0.455 e. The van der Waals surface area contributed by atoms with Crippen molar-refractivity contribution < 1.29 is 14.3 Å². The Morgan fingerprint density at radius 3 is 2.80 bits per heavy atom. The summed E-state index contributed by atoms with van der Waals surface area (Å²) in [6, 6.07) is 0. The number of nitrogens with zero attached hydrogens (tertiary/aromatic N) is 1. The first kappa shape index (κ1) is 16.6. The first-order valence-corrected chi connectivity index (χ1v) is 10.6. The highest BCUT2D eigenvalue weighted by Crippen LogP contribution is 2.66. The van der Waals surface area contributed by atoms with Crippen molar-refractivity contribution in [3.8, 4) is 0 Å². The molecule has 2 aliphatic carbocycles. The molecule has 5 fully saturated rings. The van der Waals surface area contributed by atoms with Crippen LogP contribution in [0.3, 0.4) is 0 Å². The molecule has 0 aromatic rings. The van der Waals surface area contributed by atoms with Crippen LogP contribution < -0.4 is 0 Å². The maximum Gasteiger partial charge on any atom is 0.311 e. The molecule has 25 heavy (non-hydrogen) atoms. The lowest BCUT2D eigenvalue weighted by Gasteiger charge is -2.50. The Kier molecular flexibility index (Phi) is 3.61. The fraction of sp³-hybridized carbons (Fsp3) is 0.952. The van der Waals surface area contributed by atoms with Gasteiger partial charge in [0.15, 0.2) is 0 Å². The van der Waals surface area contributed by atoms with Crippen LogP contribution in [-0.2, 0) is 14.3 Å². The van der Waals surface area contributed by atoms with Gasteiger partial charge >= 0.3 is 5.97 Å². The van der Waals surface area contributed by atoms with E-state index in [4.69, 9.17) is 9.47 Å². The number of rotatable bonds is 2. The molecule has 0 amide bonds. The quantitative estimate of drug-likeness (QED) is 0.568. The van der Waals surface area contributed by atoms with Crippen LogP contribution in [0.25, 0.3) is 0 Å². The van der Waals surface area contributed by atoms with E-state index in [0.29, 0.717) is 17.8 Å². The normalized spacial score (nSPS) is 55.1. The van der Waals surface area contributed by atoms with Crippen molar-refractivity contribution in [2.24, 2.45) is 29.6 Å². The van der Waals surface area contributed by atoms with Crippen molar-refractivity contribution in [3.63, 3.8) is 0 Å². The standard InChI is InChI=1S/C21H33NO3/c1-13-5-4-10-22(11-13)12-15-17-7-6-14(2)16-8-9-20(3)19(25-20)21(16,17)24-18(15)23/h13-17,19H,4-12H2,1-3H3/t13-,14-,15+,16+,17+,19-,20-,21-/m1/s1. The average Bonchev–Trinajstić information content (AvgIpc) is 3.19. The molecule has 8 atom stereocenters. The van der Waals surface area contributed by atoms with E-state index < -0.39 is 0 Å². The molecule has 0 unspecified atom stereocenters. The van der Waals surface area contributed by atoms with Gasteiger partial charge in [0.25, 0.3) is 0 Å². The van der Waals surface area contributed by atoms with Crippen molar-refractivity contribution in [1.29, 1.82) is 0 Å². The van der Waals surface area contributed by atoms with Gasteiger partial charge in [0.05, 0.1) is 11.5 Å². The van der Waals surface area contributed by atoms with Crippen LogP contribution in [0.1, 0.15) is 59.3 Å². The molecule has 140 valence electrons. The summed E-state index contributed by atoms with van der Waals surface area (Å²) in [4.78, 5) is 15.5. The largest absolute Gasteiger partial charge is 0.455 e. The predicted octanol–water partition coefficient (Wildman–Crippen LogP) is 3.24. The van der Waals surface area contributed by atoms with Gasteiger partial charge in [-0.25, -0.2) is 0 Å². The summed E-state index contributed by atoms with van der Waals surface area (Å²) in [6.07, 6.45) is 7.41. The number of likely N-dealkylation sites (tertiary alicyclic amines) is 1. The first-order chi connectivity index (χ1) is 11.9. The number of carbonyl (C=O) groups excluding carboxylic acids is 1. The molecule has 0 radical (unpaired) electrons. The Bertz CT molecular complexity index is 579. The molecule has 5 aliphatic rings. The van der Waals surface area contributed by atoms with E-state index in [-0.39, 0.29) is 29.2 Å². The topological polar surface area (TPSA) is 42.1 Å². The number of piperidine rings is 1. The molecular weight excluding hydrogens is 314 g/mol. The van der Waals surface area contributed by atoms with E-state index >= 15 is 0 Å². The van der Waals surface area contributed by atoms with Gasteiger partial charge < -0.3 is 14.4 Å². The number of carbonyl (C=O) groups is 1. The third-order valence-electron chi connectivity index (χ3n) is 8.29. The SMILES string of the molecule is C[C@@H]1CCCN(C[C@@H]2C(=O)O[C@@]34[C@@H](CC[C@@]5(C)O[C@@H]35)[C@H](C)CC[C@@H]24)C1. The summed E-state index contributed by atoms with van der Waals surface area (Å²) in [6.45, 7) is 10.1. The molecule has 3 aliphatic heterocycles. The number of ether oxygens (including phenoxy) is 2. The Labute approximate surface area is 151 Å². The first-order valence-electron chi connectivity index (χ1n) is 10.6.